The van der Waals surface area contributed by atoms with E-state index in [-0.39, 0.29) is 17.4 Å². The lowest BCUT2D eigenvalue weighted by Gasteiger charge is -2.22. The van der Waals surface area contributed by atoms with Crippen molar-refractivity contribution in [1.29, 1.82) is 0 Å². The minimum Gasteiger partial charge on any atom is -0.354 e. The normalized spacial score (nSPS) is 11.9. The van der Waals surface area contributed by atoms with Crippen molar-refractivity contribution in [3.63, 3.8) is 0 Å². The highest BCUT2D eigenvalue weighted by molar-refractivity contribution is 6.30. The molecule has 0 aliphatic heterocycles. The molecule has 2 aromatic carbocycles. The van der Waals surface area contributed by atoms with Gasteiger partial charge in [0.1, 0.15) is 11.9 Å². The summed E-state index contributed by atoms with van der Waals surface area (Å²) < 4.78 is 13.7. The van der Waals surface area contributed by atoms with E-state index in [0.29, 0.717) is 18.0 Å². The molecule has 0 aliphatic carbocycles. The van der Waals surface area contributed by atoms with Gasteiger partial charge in [-0.15, -0.1) is 0 Å². The Morgan fingerprint density at radius 2 is 1.85 bits per heavy atom. The number of nitrogens with one attached hydrogen (secondary N) is 2. The lowest BCUT2D eigenvalue weighted by Crippen LogP contribution is -2.50. The van der Waals surface area contributed by atoms with E-state index in [1.807, 2.05) is 32.0 Å². The Labute approximate surface area is 157 Å². The summed E-state index contributed by atoms with van der Waals surface area (Å²) in [7, 11) is 0. The molecule has 2 amide bonds. The van der Waals surface area contributed by atoms with Crippen molar-refractivity contribution in [2.45, 2.75) is 26.3 Å². The van der Waals surface area contributed by atoms with Gasteiger partial charge in [0.15, 0.2) is 0 Å². The fourth-order valence-corrected chi connectivity index (χ4v) is 2.74. The third kappa shape index (κ3) is 5.56. The second-order valence-corrected chi connectivity index (χ2v) is 6.78. The van der Waals surface area contributed by atoms with Crippen LogP contribution in [0.3, 0.4) is 0 Å². The monoisotopic (exact) mass is 376 g/mol. The van der Waals surface area contributed by atoms with Gasteiger partial charge < -0.3 is 10.6 Å². The van der Waals surface area contributed by atoms with Crippen LogP contribution in [0, 0.1) is 11.7 Å². The average Bonchev–Trinajstić information content (AvgIpc) is 2.59. The van der Waals surface area contributed by atoms with Crippen molar-refractivity contribution in [1.82, 2.24) is 10.6 Å². The van der Waals surface area contributed by atoms with Gasteiger partial charge in [0.05, 0.1) is 5.56 Å². The van der Waals surface area contributed by atoms with E-state index < -0.39 is 17.8 Å². The summed E-state index contributed by atoms with van der Waals surface area (Å²) in [6.45, 7) is 4.06. The van der Waals surface area contributed by atoms with E-state index in [0.717, 1.165) is 5.56 Å². The van der Waals surface area contributed by atoms with Crippen LogP contribution < -0.4 is 10.6 Å². The largest absolute Gasteiger partial charge is 0.354 e. The minimum atomic E-state index is -0.749. The van der Waals surface area contributed by atoms with Crippen molar-refractivity contribution in [2.24, 2.45) is 5.92 Å². The molecule has 6 heteroatoms. The van der Waals surface area contributed by atoms with Gasteiger partial charge in [-0.2, -0.15) is 0 Å². The van der Waals surface area contributed by atoms with Gasteiger partial charge in [-0.05, 0) is 42.2 Å². The first-order chi connectivity index (χ1) is 12.4. The van der Waals surface area contributed by atoms with Crippen LogP contribution in [-0.2, 0) is 11.2 Å². The molecule has 0 aliphatic rings. The molecule has 0 spiro atoms. The molecule has 0 aromatic heterocycles. The van der Waals surface area contributed by atoms with Crippen molar-refractivity contribution in [3.8, 4) is 0 Å². The van der Waals surface area contributed by atoms with Crippen LogP contribution in [0.15, 0.2) is 48.5 Å². The topological polar surface area (TPSA) is 58.2 Å². The number of benzene rings is 2. The maximum atomic E-state index is 13.7. The van der Waals surface area contributed by atoms with Gasteiger partial charge in [0.2, 0.25) is 5.91 Å². The highest BCUT2D eigenvalue weighted by Gasteiger charge is 2.25. The fourth-order valence-electron chi connectivity index (χ4n) is 2.53. The van der Waals surface area contributed by atoms with Gasteiger partial charge in [0, 0.05) is 11.6 Å². The standard InChI is InChI=1S/C20H22ClFN2O2/c1-13(2)18(24-19(25)16-8-3-4-9-17(16)22)20(26)23-11-10-14-6-5-7-15(21)12-14/h3-9,12-13,18H,10-11H2,1-2H3,(H,23,26)(H,24,25). The van der Waals surface area contributed by atoms with Crippen LogP contribution >= 0.6 is 11.6 Å². The van der Waals surface area contributed by atoms with Crippen molar-refractivity contribution in [2.75, 3.05) is 6.54 Å². The second kappa shape index (κ2) is 9.34. The SMILES string of the molecule is CC(C)C(NC(=O)c1ccccc1F)C(=O)NCCc1cccc(Cl)c1. The van der Waals surface area contributed by atoms with E-state index in [2.05, 4.69) is 10.6 Å². The Morgan fingerprint density at radius 1 is 1.12 bits per heavy atom. The molecule has 2 rings (SSSR count). The van der Waals surface area contributed by atoms with Gasteiger partial charge in [-0.3, -0.25) is 9.59 Å². The third-order valence-electron chi connectivity index (χ3n) is 3.96. The maximum absolute atomic E-state index is 13.7. The Hall–Kier alpha value is -2.40. The number of hydrogen-bond donors (Lipinski definition) is 2. The Kier molecular flexibility index (Phi) is 7.16. The molecular weight excluding hydrogens is 355 g/mol. The highest BCUT2D eigenvalue weighted by Crippen LogP contribution is 2.11. The number of hydrogen-bond acceptors (Lipinski definition) is 2. The second-order valence-electron chi connectivity index (χ2n) is 6.35. The summed E-state index contributed by atoms with van der Waals surface area (Å²) in [5.41, 5.74) is 0.930. The first-order valence-corrected chi connectivity index (χ1v) is 8.84. The summed E-state index contributed by atoms with van der Waals surface area (Å²) in [5, 5.41) is 6.08. The van der Waals surface area contributed by atoms with E-state index >= 15 is 0 Å². The van der Waals surface area contributed by atoms with E-state index in [9.17, 15) is 14.0 Å². The van der Waals surface area contributed by atoms with Gasteiger partial charge >= 0.3 is 0 Å². The molecule has 2 N–H and O–H groups in total. The molecule has 138 valence electrons. The summed E-state index contributed by atoms with van der Waals surface area (Å²) in [4.78, 5) is 24.7. The predicted octanol–water partition coefficient (Wildman–Crippen LogP) is 3.59. The third-order valence-corrected chi connectivity index (χ3v) is 4.19. The quantitative estimate of drug-likeness (QED) is 0.775. The van der Waals surface area contributed by atoms with Gasteiger partial charge in [-0.1, -0.05) is 49.7 Å². The molecule has 0 bridgehead atoms. The van der Waals surface area contributed by atoms with E-state index in [4.69, 9.17) is 11.6 Å². The molecule has 0 radical (unpaired) electrons. The highest BCUT2D eigenvalue weighted by atomic mass is 35.5. The molecule has 0 heterocycles. The van der Waals surface area contributed by atoms with Crippen molar-refractivity contribution >= 4 is 23.4 Å². The van der Waals surface area contributed by atoms with Gasteiger partial charge in [0.25, 0.3) is 5.91 Å². The zero-order chi connectivity index (χ0) is 19.1. The number of carbonyl (C=O) groups excluding carboxylic acids is 2. The van der Waals surface area contributed by atoms with Crippen LogP contribution in [0.5, 0.6) is 0 Å². The molecule has 2 aromatic rings. The van der Waals surface area contributed by atoms with Crippen LogP contribution in [-0.4, -0.2) is 24.4 Å². The molecule has 4 nitrogen and oxygen atoms in total. The summed E-state index contributed by atoms with van der Waals surface area (Å²) in [6.07, 6.45) is 0.623. The first kappa shape index (κ1) is 19.9. The smallest absolute Gasteiger partial charge is 0.254 e. The Bertz CT molecular complexity index is 780. The minimum absolute atomic E-state index is 0.0788. The first-order valence-electron chi connectivity index (χ1n) is 8.46. The zero-order valence-electron chi connectivity index (χ0n) is 14.8. The summed E-state index contributed by atoms with van der Waals surface area (Å²) >= 11 is 5.94. The van der Waals surface area contributed by atoms with Crippen molar-refractivity contribution < 1.29 is 14.0 Å². The zero-order valence-corrected chi connectivity index (χ0v) is 15.5. The fraction of sp³-hybridized carbons (Fsp3) is 0.300. The molecule has 26 heavy (non-hydrogen) atoms. The lowest BCUT2D eigenvalue weighted by atomic mass is 10.0. The van der Waals surface area contributed by atoms with Gasteiger partial charge in [-0.25, -0.2) is 4.39 Å². The van der Waals surface area contributed by atoms with Crippen LogP contribution in [0.2, 0.25) is 5.02 Å². The van der Waals surface area contributed by atoms with E-state index in [1.54, 1.807) is 12.1 Å². The molecule has 1 unspecified atom stereocenters. The van der Waals surface area contributed by atoms with E-state index in [1.165, 1.54) is 18.2 Å². The predicted molar refractivity (Wildman–Crippen MR) is 101 cm³/mol. The number of carbonyl (C=O) groups is 2. The summed E-state index contributed by atoms with van der Waals surface area (Å²) in [5.74, 6) is -1.66. The van der Waals surface area contributed by atoms with Crippen LogP contribution in [0.1, 0.15) is 29.8 Å². The number of rotatable bonds is 7. The Morgan fingerprint density at radius 3 is 2.50 bits per heavy atom. The average molecular weight is 377 g/mol. The van der Waals surface area contributed by atoms with Crippen molar-refractivity contribution in [3.05, 3.63) is 70.5 Å². The molecular formula is C20H22ClFN2O2. The number of amides is 2. The van der Waals surface area contributed by atoms with Crippen LogP contribution in [0.25, 0.3) is 0 Å². The molecule has 1 atom stereocenters. The molecule has 0 fully saturated rings. The summed E-state index contributed by atoms with van der Waals surface area (Å²) in [6, 6.07) is 12.3. The maximum Gasteiger partial charge on any atom is 0.254 e. The molecule has 0 saturated heterocycles. The number of halogens is 2. The lowest BCUT2D eigenvalue weighted by molar-refractivity contribution is -0.123. The van der Waals surface area contributed by atoms with Crippen LogP contribution in [0.4, 0.5) is 4.39 Å². The molecule has 0 saturated carbocycles. The Balaban J connectivity index is 1.94.